The number of carbonyl (C=O) groups excluding carboxylic acids is 1. The Bertz CT molecular complexity index is 590. The summed E-state index contributed by atoms with van der Waals surface area (Å²) >= 11 is 0. The van der Waals surface area contributed by atoms with E-state index in [9.17, 15) is 14.7 Å². The number of nitrogens with zero attached hydrogens (tertiary/aromatic N) is 2. The predicted molar refractivity (Wildman–Crippen MR) is 91.4 cm³/mol. The number of carboxylic acids is 1. The second-order valence-electron chi connectivity index (χ2n) is 7.13. The molecular formula is C19H26N2O3. The van der Waals surface area contributed by atoms with E-state index >= 15 is 0 Å². The highest BCUT2D eigenvalue weighted by Gasteiger charge is 2.40. The number of carboxylic acid groups (broad SMARTS) is 1. The Morgan fingerprint density at radius 1 is 1.17 bits per heavy atom. The van der Waals surface area contributed by atoms with E-state index < -0.39 is 11.9 Å². The summed E-state index contributed by atoms with van der Waals surface area (Å²) in [6, 6.07) is 10.1. The molecule has 0 radical (unpaired) electrons. The molecule has 130 valence electrons. The van der Waals surface area contributed by atoms with Crippen LogP contribution in [0.15, 0.2) is 30.3 Å². The first kappa shape index (κ1) is 17.0. The molecule has 1 amide bonds. The zero-order chi connectivity index (χ0) is 17.1. The maximum Gasteiger partial charge on any atom is 0.308 e. The number of aliphatic carboxylic acids is 1. The molecule has 2 heterocycles. The van der Waals surface area contributed by atoms with Gasteiger partial charge in [-0.15, -0.1) is 0 Å². The highest BCUT2D eigenvalue weighted by Crippen LogP contribution is 2.27. The third-order valence-electron chi connectivity index (χ3n) is 5.37. The zero-order valence-electron chi connectivity index (χ0n) is 14.2. The van der Waals surface area contributed by atoms with Crippen LogP contribution < -0.4 is 0 Å². The normalized spacial score (nSPS) is 28.0. The Labute approximate surface area is 143 Å². The maximum absolute atomic E-state index is 13.0. The van der Waals surface area contributed by atoms with E-state index in [-0.39, 0.29) is 17.9 Å². The number of likely N-dealkylation sites (tertiary alicyclic amines) is 2. The number of hydrogen-bond donors (Lipinski definition) is 1. The SMILES string of the molecule is C[C@@H]1CN(C(=O)C2CCCCN2Cc2ccccc2)C[C@H]1C(=O)O. The number of benzene rings is 1. The molecule has 0 aliphatic carbocycles. The third kappa shape index (κ3) is 3.61. The van der Waals surface area contributed by atoms with Crippen LogP contribution in [-0.4, -0.2) is 52.5 Å². The van der Waals surface area contributed by atoms with Gasteiger partial charge >= 0.3 is 5.97 Å². The van der Waals surface area contributed by atoms with Gasteiger partial charge in [0.15, 0.2) is 0 Å². The first-order valence-electron chi connectivity index (χ1n) is 8.86. The van der Waals surface area contributed by atoms with Gasteiger partial charge < -0.3 is 10.0 Å². The molecule has 3 atom stereocenters. The summed E-state index contributed by atoms with van der Waals surface area (Å²) in [6.45, 7) is 4.55. The molecule has 0 aromatic heterocycles. The van der Waals surface area contributed by atoms with Crippen molar-refractivity contribution in [2.75, 3.05) is 19.6 Å². The third-order valence-corrected chi connectivity index (χ3v) is 5.37. The van der Waals surface area contributed by atoms with Gasteiger partial charge in [0.1, 0.15) is 0 Å². The van der Waals surface area contributed by atoms with E-state index in [2.05, 4.69) is 17.0 Å². The van der Waals surface area contributed by atoms with E-state index in [0.717, 1.165) is 32.4 Å². The molecule has 2 aliphatic rings. The highest BCUT2D eigenvalue weighted by molar-refractivity contribution is 5.83. The molecular weight excluding hydrogens is 304 g/mol. The first-order valence-corrected chi connectivity index (χ1v) is 8.86. The molecule has 2 saturated heterocycles. The van der Waals surface area contributed by atoms with Crippen LogP contribution >= 0.6 is 0 Å². The van der Waals surface area contributed by atoms with E-state index in [4.69, 9.17) is 0 Å². The van der Waals surface area contributed by atoms with Crippen molar-refractivity contribution in [1.82, 2.24) is 9.80 Å². The van der Waals surface area contributed by atoms with E-state index in [1.54, 1.807) is 4.90 Å². The van der Waals surface area contributed by atoms with E-state index in [1.807, 2.05) is 25.1 Å². The molecule has 1 unspecified atom stereocenters. The van der Waals surface area contributed by atoms with Crippen LogP contribution in [0.1, 0.15) is 31.7 Å². The van der Waals surface area contributed by atoms with Crippen molar-refractivity contribution in [3.63, 3.8) is 0 Å². The van der Waals surface area contributed by atoms with Crippen LogP contribution in [0.2, 0.25) is 0 Å². The summed E-state index contributed by atoms with van der Waals surface area (Å²) < 4.78 is 0. The molecule has 0 saturated carbocycles. The van der Waals surface area contributed by atoms with Crippen LogP contribution in [0.3, 0.4) is 0 Å². The molecule has 0 bridgehead atoms. The smallest absolute Gasteiger partial charge is 0.308 e. The average molecular weight is 330 g/mol. The Balaban J connectivity index is 1.69. The number of piperidine rings is 1. The quantitative estimate of drug-likeness (QED) is 0.919. The van der Waals surface area contributed by atoms with Gasteiger partial charge in [0, 0.05) is 19.6 Å². The molecule has 1 aromatic carbocycles. The van der Waals surface area contributed by atoms with Gasteiger partial charge in [-0.2, -0.15) is 0 Å². The van der Waals surface area contributed by atoms with Crippen molar-refractivity contribution in [1.29, 1.82) is 0 Å². The Kier molecular flexibility index (Phi) is 5.19. The number of hydrogen-bond acceptors (Lipinski definition) is 3. The number of carbonyl (C=O) groups is 2. The fourth-order valence-corrected chi connectivity index (χ4v) is 3.96. The molecule has 2 fully saturated rings. The monoisotopic (exact) mass is 330 g/mol. The minimum absolute atomic E-state index is 0.0256. The van der Waals surface area contributed by atoms with Crippen LogP contribution in [0.4, 0.5) is 0 Å². The summed E-state index contributed by atoms with van der Waals surface area (Å²) in [5.74, 6) is -1.08. The fourth-order valence-electron chi connectivity index (χ4n) is 3.96. The van der Waals surface area contributed by atoms with Crippen molar-refractivity contribution in [2.45, 2.75) is 38.8 Å². The van der Waals surface area contributed by atoms with Crippen molar-refractivity contribution < 1.29 is 14.7 Å². The fraction of sp³-hybridized carbons (Fsp3) is 0.579. The van der Waals surface area contributed by atoms with Crippen LogP contribution in [0.5, 0.6) is 0 Å². The van der Waals surface area contributed by atoms with Crippen molar-refractivity contribution in [3.8, 4) is 0 Å². The van der Waals surface area contributed by atoms with Crippen LogP contribution in [-0.2, 0) is 16.1 Å². The molecule has 1 aromatic rings. The minimum atomic E-state index is -0.789. The lowest BCUT2D eigenvalue weighted by atomic mass is 9.99. The zero-order valence-corrected chi connectivity index (χ0v) is 14.2. The van der Waals surface area contributed by atoms with Gasteiger partial charge in [-0.25, -0.2) is 0 Å². The van der Waals surface area contributed by atoms with Crippen LogP contribution in [0.25, 0.3) is 0 Å². The van der Waals surface area contributed by atoms with E-state index in [0.29, 0.717) is 13.1 Å². The lowest BCUT2D eigenvalue weighted by Gasteiger charge is -2.36. The topological polar surface area (TPSA) is 60.9 Å². The van der Waals surface area contributed by atoms with Gasteiger partial charge in [0.25, 0.3) is 0 Å². The second-order valence-corrected chi connectivity index (χ2v) is 7.13. The molecule has 5 heteroatoms. The van der Waals surface area contributed by atoms with Crippen molar-refractivity contribution >= 4 is 11.9 Å². The summed E-state index contributed by atoms with van der Waals surface area (Å²) in [5.41, 5.74) is 1.22. The Morgan fingerprint density at radius 3 is 2.58 bits per heavy atom. The molecule has 5 nitrogen and oxygen atoms in total. The number of amides is 1. The molecule has 1 N–H and O–H groups in total. The Hall–Kier alpha value is -1.88. The molecule has 24 heavy (non-hydrogen) atoms. The van der Waals surface area contributed by atoms with Gasteiger partial charge in [0.2, 0.25) is 5.91 Å². The Morgan fingerprint density at radius 2 is 1.92 bits per heavy atom. The standard InChI is InChI=1S/C19H26N2O3/c1-14-11-21(13-16(14)19(23)24)18(22)17-9-5-6-10-20(17)12-15-7-3-2-4-8-15/h2-4,7-8,14,16-17H,5-6,9-13H2,1H3,(H,23,24)/t14-,16-,17?/m1/s1. The molecule has 2 aliphatic heterocycles. The van der Waals surface area contributed by atoms with Crippen molar-refractivity contribution in [2.24, 2.45) is 11.8 Å². The lowest BCUT2D eigenvalue weighted by molar-refractivity contribution is -0.142. The largest absolute Gasteiger partial charge is 0.481 e. The average Bonchev–Trinajstić information content (AvgIpc) is 2.98. The predicted octanol–water partition coefficient (Wildman–Crippen LogP) is 2.22. The number of rotatable bonds is 4. The van der Waals surface area contributed by atoms with Crippen LogP contribution in [0, 0.1) is 11.8 Å². The van der Waals surface area contributed by atoms with E-state index in [1.165, 1.54) is 5.56 Å². The summed E-state index contributed by atoms with van der Waals surface area (Å²) in [6.07, 6.45) is 3.05. The van der Waals surface area contributed by atoms with Gasteiger partial charge in [0.05, 0.1) is 12.0 Å². The van der Waals surface area contributed by atoms with Gasteiger partial charge in [-0.1, -0.05) is 43.7 Å². The lowest BCUT2D eigenvalue weighted by Crippen LogP contribution is -2.50. The van der Waals surface area contributed by atoms with Gasteiger partial charge in [-0.05, 0) is 30.9 Å². The first-order chi connectivity index (χ1) is 11.6. The summed E-state index contributed by atoms with van der Waals surface area (Å²) in [4.78, 5) is 28.4. The maximum atomic E-state index is 13.0. The molecule has 3 rings (SSSR count). The highest BCUT2D eigenvalue weighted by atomic mass is 16.4. The second kappa shape index (κ2) is 7.34. The van der Waals surface area contributed by atoms with Crippen molar-refractivity contribution in [3.05, 3.63) is 35.9 Å². The summed E-state index contributed by atoms with van der Waals surface area (Å²) in [5, 5.41) is 9.29. The molecule has 0 spiro atoms. The van der Waals surface area contributed by atoms with Gasteiger partial charge in [-0.3, -0.25) is 14.5 Å². The minimum Gasteiger partial charge on any atom is -0.481 e. The summed E-state index contributed by atoms with van der Waals surface area (Å²) in [7, 11) is 0.